The molecule has 0 aliphatic carbocycles. The number of nitrogens with zero attached hydrogens (tertiary/aromatic N) is 2. The van der Waals surface area contributed by atoms with Crippen LogP contribution < -0.4 is 0 Å². The molecule has 3 nitrogen and oxygen atoms in total. The molecule has 5 heteroatoms. The molecule has 0 spiro atoms. The standard InChI is InChI=1S/C13H15ClN2OS/c1-9-12(7-17)13(16(2)15-9)18-8-10-3-5-11(14)6-4-10/h3-6,17H,7-8H2,1-2H3. The van der Waals surface area contributed by atoms with E-state index in [4.69, 9.17) is 11.6 Å². The highest BCUT2D eigenvalue weighted by atomic mass is 35.5. The number of thioether (sulfide) groups is 1. The molecule has 1 aromatic carbocycles. The number of aromatic nitrogens is 2. The van der Waals surface area contributed by atoms with E-state index in [0.717, 1.165) is 27.1 Å². The van der Waals surface area contributed by atoms with Crippen molar-refractivity contribution in [2.24, 2.45) is 7.05 Å². The Balaban J connectivity index is 2.12. The minimum absolute atomic E-state index is 0.0304. The number of hydrogen-bond donors (Lipinski definition) is 1. The molecular formula is C13H15ClN2OS. The number of aliphatic hydroxyl groups excluding tert-OH is 1. The van der Waals surface area contributed by atoms with Crippen molar-refractivity contribution in [3.8, 4) is 0 Å². The molecule has 0 radical (unpaired) electrons. The highest BCUT2D eigenvalue weighted by molar-refractivity contribution is 7.98. The summed E-state index contributed by atoms with van der Waals surface area (Å²) in [7, 11) is 1.90. The molecule has 1 N–H and O–H groups in total. The third kappa shape index (κ3) is 2.88. The Morgan fingerprint density at radius 2 is 2.00 bits per heavy atom. The highest BCUT2D eigenvalue weighted by Crippen LogP contribution is 2.28. The van der Waals surface area contributed by atoms with Gasteiger partial charge in [-0.2, -0.15) is 5.10 Å². The van der Waals surface area contributed by atoms with Gasteiger partial charge in [0, 0.05) is 23.4 Å². The third-order valence-electron chi connectivity index (χ3n) is 2.74. The van der Waals surface area contributed by atoms with E-state index in [1.54, 1.807) is 11.8 Å². The smallest absolute Gasteiger partial charge is 0.0997 e. The van der Waals surface area contributed by atoms with Crippen molar-refractivity contribution >= 4 is 23.4 Å². The first-order valence-electron chi connectivity index (χ1n) is 5.62. The lowest BCUT2D eigenvalue weighted by Crippen LogP contribution is -1.94. The van der Waals surface area contributed by atoms with Crippen LogP contribution in [0.4, 0.5) is 0 Å². The van der Waals surface area contributed by atoms with E-state index >= 15 is 0 Å². The van der Waals surface area contributed by atoms with Crippen LogP contribution >= 0.6 is 23.4 Å². The maximum Gasteiger partial charge on any atom is 0.0997 e. The molecule has 0 bridgehead atoms. The summed E-state index contributed by atoms with van der Waals surface area (Å²) in [5, 5.41) is 15.4. The van der Waals surface area contributed by atoms with E-state index in [0.29, 0.717) is 0 Å². The normalized spacial score (nSPS) is 10.9. The van der Waals surface area contributed by atoms with Gasteiger partial charge in [-0.25, -0.2) is 0 Å². The summed E-state index contributed by atoms with van der Waals surface area (Å²) in [5.41, 5.74) is 3.00. The molecule has 2 aromatic rings. The maximum absolute atomic E-state index is 9.36. The molecular weight excluding hydrogens is 268 g/mol. The lowest BCUT2D eigenvalue weighted by atomic mass is 10.2. The molecule has 96 valence electrons. The van der Waals surface area contributed by atoms with Crippen LogP contribution in [-0.4, -0.2) is 14.9 Å². The predicted octanol–water partition coefficient (Wildman–Crippen LogP) is 3.17. The van der Waals surface area contributed by atoms with Gasteiger partial charge in [0.05, 0.1) is 17.3 Å². The zero-order valence-electron chi connectivity index (χ0n) is 10.4. The first-order chi connectivity index (χ1) is 8.61. The van der Waals surface area contributed by atoms with Gasteiger partial charge in [-0.3, -0.25) is 4.68 Å². The van der Waals surface area contributed by atoms with Crippen LogP contribution in [0, 0.1) is 6.92 Å². The lowest BCUT2D eigenvalue weighted by Gasteiger charge is -2.05. The van der Waals surface area contributed by atoms with E-state index in [2.05, 4.69) is 5.10 Å². The van der Waals surface area contributed by atoms with Gasteiger partial charge in [-0.05, 0) is 24.6 Å². The summed E-state index contributed by atoms with van der Waals surface area (Å²) in [6.07, 6.45) is 0. The van der Waals surface area contributed by atoms with Crippen molar-refractivity contribution in [2.45, 2.75) is 24.3 Å². The average Bonchev–Trinajstić information content (AvgIpc) is 2.62. The van der Waals surface area contributed by atoms with Gasteiger partial charge < -0.3 is 5.11 Å². The molecule has 0 aliphatic heterocycles. The Kier molecular flexibility index (Phi) is 4.32. The van der Waals surface area contributed by atoms with E-state index in [-0.39, 0.29) is 6.61 Å². The first-order valence-corrected chi connectivity index (χ1v) is 6.98. The van der Waals surface area contributed by atoms with Crippen LogP contribution in [-0.2, 0) is 19.4 Å². The Bertz CT molecular complexity index is 537. The summed E-state index contributed by atoms with van der Waals surface area (Å²) in [6, 6.07) is 7.80. The van der Waals surface area contributed by atoms with Crippen LogP contribution in [0.5, 0.6) is 0 Å². The SMILES string of the molecule is Cc1nn(C)c(SCc2ccc(Cl)cc2)c1CO. The van der Waals surface area contributed by atoms with E-state index in [1.807, 2.05) is 42.9 Å². The largest absolute Gasteiger partial charge is 0.392 e. The Morgan fingerprint density at radius 1 is 1.33 bits per heavy atom. The minimum Gasteiger partial charge on any atom is -0.392 e. The van der Waals surface area contributed by atoms with Crippen molar-refractivity contribution in [2.75, 3.05) is 0 Å². The predicted molar refractivity (Wildman–Crippen MR) is 74.9 cm³/mol. The summed E-state index contributed by atoms with van der Waals surface area (Å²) < 4.78 is 1.82. The fraction of sp³-hybridized carbons (Fsp3) is 0.308. The molecule has 1 aromatic heterocycles. The van der Waals surface area contributed by atoms with Gasteiger partial charge in [0.1, 0.15) is 0 Å². The summed E-state index contributed by atoms with van der Waals surface area (Å²) in [6.45, 7) is 1.94. The second-order valence-electron chi connectivity index (χ2n) is 4.07. The molecule has 0 atom stereocenters. The van der Waals surface area contributed by atoms with Crippen molar-refractivity contribution in [1.29, 1.82) is 0 Å². The summed E-state index contributed by atoms with van der Waals surface area (Å²) in [5.74, 6) is 0.836. The molecule has 0 amide bonds. The Hall–Kier alpha value is -0.970. The number of benzene rings is 1. The zero-order chi connectivity index (χ0) is 13.1. The van der Waals surface area contributed by atoms with Gasteiger partial charge in [-0.15, -0.1) is 11.8 Å². The average molecular weight is 283 g/mol. The van der Waals surface area contributed by atoms with Crippen molar-refractivity contribution in [3.63, 3.8) is 0 Å². The molecule has 0 saturated heterocycles. The zero-order valence-corrected chi connectivity index (χ0v) is 11.9. The van der Waals surface area contributed by atoms with Gasteiger partial charge in [-0.1, -0.05) is 23.7 Å². The van der Waals surface area contributed by atoms with Crippen LogP contribution in [0.25, 0.3) is 0 Å². The second kappa shape index (κ2) is 5.78. The van der Waals surface area contributed by atoms with Crippen LogP contribution in [0.15, 0.2) is 29.3 Å². The molecule has 0 unspecified atom stereocenters. The van der Waals surface area contributed by atoms with Crippen molar-refractivity contribution < 1.29 is 5.11 Å². The Labute approximate surface area is 116 Å². The molecule has 18 heavy (non-hydrogen) atoms. The van der Waals surface area contributed by atoms with Gasteiger partial charge in [0.25, 0.3) is 0 Å². The monoisotopic (exact) mass is 282 g/mol. The van der Waals surface area contributed by atoms with Gasteiger partial charge >= 0.3 is 0 Å². The molecule has 0 aliphatic rings. The third-order valence-corrected chi connectivity index (χ3v) is 4.25. The van der Waals surface area contributed by atoms with Gasteiger partial charge in [0.2, 0.25) is 0 Å². The van der Waals surface area contributed by atoms with Crippen molar-refractivity contribution in [1.82, 2.24) is 9.78 Å². The summed E-state index contributed by atoms with van der Waals surface area (Å²) in [4.78, 5) is 0. The fourth-order valence-corrected chi connectivity index (χ4v) is 3.01. The van der Waals surface area contributed by atoms with Crippen LogP contribution in [0.1, 0.15) is 16.8 Å². The maximum atomic E-state index is 9.36. The summed E-state index contributed by atoms with van der Waals surface area (Å²) >= 11 is 7.53. The van der Waals surface area contributed by atoms with E-state index in [9.17, 15) is 5.11 Å². The topological polar surface area (TPSA) is 38.0 Å². The first kappa shape index (κ1) is 13.5. The molecule has 1 heterocycles. The highest BCUT2D eigenvalue weighted by Gasteiger charge is 2.12. The number of hydrogen-bond acceptors (Lipinski definition) is 3. The minimum atomic E-state index is 0.0304. The number of aliphatic hydroxyl groups is 1. The lowest BCUT2D eigenvalue weighted by molar-refractivity contribution is 0.277. The Morgan fingerprint density at radius 3 is 2.61 bits per heavy atom. The second-order valence-corrected chi connectivity index (χ2v) is 5.47. The van der Waals surface area contributed by atoms with E-state index < -0.39 is 0 Å². The number of rotatable bonds is 4. The number of aryl methyl sites for hydroxylation is 2. The molecule has 2 rings (SSSR count). The van der Waals surface area contributed by atoms with Gasteiger partial charge in [0.15, 0.2) is 0 Å². The molecule has 0 saturated carbocycles. The fourth-order valence-electron chi connectivity index (χ4n) is 1.78. The number of halogens is 1. The van der Waals surface area contributed by atoms with Crippen molar-refractivity contribution in [3.05, 3.63) is 46.1 Å². The quantitative estimate of drug-likeness (QED) is 0.876. The van der Waals surface area contributed by atoms with Crippen LogP contribution in [0.3, 0.4) is 0 Å². The van der Waals surface area contributed by atoms with E-state index in [1.165, 1.54) is 5.56 Å². The van der Waals surface area contributed by atoms with Crippen LogP contribution in [0.2, 0.25) is 5.02 Å². The molecule has 0 fully saturated rings.